The van der Waals surface area contributed by atoms with Gasteiger partial charge in [-0.1, -0.05) is 15.9 Å². The molecule has 19 heavy (non-hydrogen) atoms. The lowest BCUT2D eigenvalue weighted by molar-refractivity contribution is 0.197. The Hall–Kier alpha value is -0.850. The van der Waals surface area contributed by atoms with E-state index in [9.17, 15) is 0 Å². The number of halogens is 2. The molecule has 0 spiro atoms. The molecule has 2 aromatic rings. The van der Waals surface area contributed by atoms with Crippen LogP contribution in [0.2, 0.25) is 0 Å². The first-order valence-electron chi connectivity index (χ1n) is 5.94. The standard InChI is InChI=1S/C13H15Br2N3O/c1-19-8-2-5-16-13-17-6-7-18(13)12-9-10(14)3-4-11(12)15/h3-4,6-7,9H,2,5,8H2,1H3,(H,16,17). The van der Waals surface area contributed by atoms with E-state index < -0.39 is 0 Å². The van der Waals surface area contributed by atoms with Crippen LogP contribution in [-0.2, 0) is 4.74 Å². The molecule has 1 heterocycles. The van der Waals surface area contributed by atoms with Crippen LogP contribution >= 0.6 is 31.9 Å². The molecule has 0 unspecified atom stereocenters. The summed E-state index contributed by atoms with van der Waals surface area (Å²) in [6.45, 7) is 1.57. The Labute approximate surface area is 129 Å². The molecule has 1 aromatic heterocycles. The maximum Gasteiger partial charge on any atom is 0.207 e. The van der Waals surface area contributed by atoms with Crippen molar-refractivity contribution in [2.24, 2.45) is 0 Å². The van der Waals surface area contributed by atoms with Gasteiger partial charge in [0, 0.05) is 41.6 Å². The van der Waals surface area contributed by atoms with Gasteiger partial charge in [-0.05, 0) is 40.5 Å². The molecule has 0 aliphatic carbocycles. The first kappa shape index (κ1) is 14.6. The molecule has 4 nitrogen and oxygen atoms in total. The smallest absolute Gasteiger partial charge is 0.207 e. The third-order valence-electron chi connectivity index (χ3n) is 2.62. The summed E-state index contributed by atoms with van der Waals surface area (Å²) in [4.78, 5) is 4.34. The van der Waals surface area contributed by atoms with Gasteiger partial charge >= 0.3 is 0 Å². The molecule has 1 aromatic carbocycles. The highest BCUT2D eigenvalue weighted by Gasteiger charge is 2.08. The van der Waals surface area contributed by atoms with Crippen LogP contribution in [0.4, 0.5) is 5.95 Å². The van der Waals surface area contributed by atoms with E-state index in [0.717, 1.165) is 40.2 Å². The van der Waals surface area contributed by atoms with Crippen LogP contribution in [0.3, 0.4) is 0 Å². The molecule has 0 amide bonds. The Kier molecular flexibility index (Phi) is 5.42. The van der Waals surface area contributed by atoms with Crippen LogP contribution in [-0.4, -0.2) is 29.8 Å². The van der Waals surface area contributed by atoms with E-state index in [0.29, 0.717) is 0 Å². The summed E-state index contributed by atoms with van der Waals surface area (Å²) in [5.41, 5.74) is 1.04. The van der Waals surface area contributed by atoms with Crippen LogP contribution in [0.5, 0.6) is 0 Å². The van der Waals surface area contributed by atoms with E-state index in [-0.39, 0.29) is 0 Å². The summed E-state index contributed by atoms with van der Waals surface area (Å²) in [6, 6.07) is 6.05. The van der Waals surface area contributed by atoms with E-state index in [2.05, 4.69) is 42.2 Å². The summed E-state index contributed by atoms with van der Waals surface area (Å²) in [5, 5.41) is 3.31. The van der Waals surface area contributed by atoms with Crippen molar-refractivity contribution in [3.63, 3.8) is 0 Å². The molecular formula is C13H15Br2N3O. The Morgan fingerprint density at radius 2 is 2.21 bits per heavy atom. The molecule has 6 heteroatoms. The molecule has 1 N–H and O–H groups in total. The fraction of sp³-hybridized carbons (Fsp3) is 0.308. The molecule has 102 valence electrons. The first-order valence-corrected chi connectivity index (χ1v) is 7.52. The number of nitrogens with zero attached hydrogens (tertiary/aromatic N) is 2. The number of nitrogens with one attached hydrogen (secondary N) is 1. The fourth-order valence-electron chi connectivity index (χ4n) is 1.72. The van der Waals surface area contributed by atoms with Crippen LogP contribution in [0, 0.1) is 0 Å². The van der Waals surface area contributed by atoms with Crippen molar-refractivity contribution in [2.75, 3.05) is 25.6 Å². The monoisotopic (exact) mass is 387 g/mol. The molecule has 0 radical (unpaired) electrons. The van der Waals surface area contributed by atoms with Crippen molar-refractivity contribution < 1.29 is 4.74 Å². The molecule has 0 saturated carbocycles. The second-order valence-corrected chi connectivity index (χ2v) is 5.76. The van der Waals surface area contributed by atoms with Gasteiger partial charge in [0.05, 0.1) is 5.69 Å². The second-order valence-electron chi connectivity index (χ2n) is 3.99. The van der Waals surface area contributed by atoms with Gasteiger partial charge in [0.2, 0.25) is 5.95 Å². The van der Waals surface area contributed by atoms with Gasteiger partial charge in [-0.15, -0.1) is 0 Å². The van der Waals surface area contributed by atoms with Crippen molar-refractivity contribution in [1.29, 1.82) is 0 Å². The van der Waals surface area contributed by atoms with Gasteiger partial charge in [0.15, 0.2) is 0 Å². The van der Waals surface area contributed by atoms with Gasteiger partial charge in [-0.25, -0.2) is 4.98 Å². The zero-order chi connectivity index (χ0) is 13.7. The van der Waals surface area contributed by atoms with E-state index in [1.54, 1.807) is 13.3 Å². The number of aromatic nitrogens is 2. The Balaban J connectivity index is 2.16. The normalized spacial score (nSPS) is 10.7. The quantitative estimate of drug-likeness (QED) is 0.764. The lowest BCUT2D eigenvalue weighted by Crippen LogP contribution is -2.09. The fourth-order valence-corrected chi connectivity index (χ4v) is 2.50. The highest BCUT2D eigenvalue weighted by atomic mass is 79.9. The van der Waals surface area contributed by atoms with Gasteiger partial charge in [-0.2, -0.15) is 0 Å². The molecule has 0 aliphatic heterocycles. The van der Waals surface area contributed by atoms with Gasteiger partial charge < -0.3 is 10.1 Å². The zero-order valence-corrected chi connectivity index (χ0v) is 13.7. The Bertz CT molecular complexity index is 542. The highest BCUT2D eigenvalue weighted by molar-refractivity contribution is 9.11. The lowest BCUT2D eigenvalue weighted by atomic mass is 10.3. The van der Waals surface area contributed by atoms with Crippen molar-refractivity contribution in [1.82, 2.24) is 9.55 Å². The molecule has 0 atom stereocenters. The maximum absolute atomic E-state index is 5.03. The number of anilines is 1. The third-order valence-corrected chi connectivity index (χ3v) is 3.78. The molecule has 0 saturated heterocycles. The van der Waals surface area contributed by atoms with Crippen LogP contribution in [0.15, 0.2) is 39.5 Å². The lowest BCUT2D eigenvalue weighted by Gasteiger charge is -2.11. The second kappa shape index (κ2) is 7.07. The maximum atomic E-state index is 5.03. The predicted octanol–water partition coefficient (Wildman–Crippen LogP) is 3.85. The molecule has 2 rings (SSSR count). The van der Waals surface area contributed by atoms with E-state index in [1.165, 1.54) is 0 Å². The van der Waals surface area contributed by atoms with Gasteiger partial charge in [0.1, 0.15) is 0 Å². The van der Waals surface area contributed by atoms with Crippen LogP contribution < -0.4 is 5.32 Å². The van der Waals surface area contributed by atoms with Gasteiger partial charge in [-0.3, -0.25) is 4.57 Å². The molecule has 0 fully saturated rings. The summed E-state index contributed by atoms with van der Waals surface area (Å²) in [6.07, 6.45) is 4.67. The minimum Gasteiger partial charge on any atom is -0.385 e. The summed E-state index contributed by atoms with van der Waals surface area (Å²) < 4.78 is 9.10. The van der Waals surface area contributed by atoms with Gasteiger partial charge in [0.25, 0.3) is 0 Å². The Morgan fingerprint density at radius 3 is 3.00 bits per heavy atom. The molecule has 0 aliphatic rings. The Morgan fingerprint density at radius 1 is 1.37 bits per heavy atom. The van der Waals surface area contributed by atoms with Crippen LogP contribution in [0.1, 0.15) is 6.42 Å². The van der Waals surface area contributed by atoms with Crippen molar-refractivity contribution >= 4 is 37.8 Å². The largest absolute Gasteiger partial charge is 0.385 e. The summed E-state index contributed by atoms with van der Waals surface area (Å²) in [5.74, 6) is 0.829. The van der Waals surface area contributed by atoms with E-state index in [4.69, 9.17) is 4.74 Å². The number of methoxy groups -OCH3 is 1. The van der Waals surface area contributed by atoms with Crippen molar-refractivity contribution in [2.45, 2.75) is 6.42 Å². The van der Waals surface area contributed by atoms with E-state index in [1.807, 2.05) is 29.0 Å². The number of hydrogen-bond donors (Lipinski definition) is 1. The number of hydrogen-bond acceptors (Lipinski definition) is 3. The highest BCUT2D eigenvalue weighted by Crippen LogP contribution is 2.27. The predicted molar refractivity (Wildman–Crippen MR) is 83.9 cm³/mol. The van der Waals surface area contributed by atoms with Crippen LogP contribution in [0.25, 0.3) is 5.69 Å². The van der Waals surface area contributed by atoms with E-state index >= 15 is 0 Å². The number of imidazole rings is 1. The van der Waals surface area contributed by atoms with Crippen molar-refractivity contribution in [3.05, 3.63) is 39.5 Å². The topological polar surface area (TPSA) is 39.1 Å². The molecule has 0 bridgehead atoms. The average molecular weight is 389 g/mol. The summed E-state index contributed by atoms with van der Waals surface area (Å²) in [7, 11) is 1.71. The SMILES string of the molecule is COCCCNc1nccn1-c1cc(Br)ccc1Br. The zero-order valence-electron chi connectivity index (χ0n) is 10.6. The minimum atomic E-state index is 0.744. The first-order chi connectivity index (χ1) is 9.22. The summed E-state index contributed by atoms with van der Waals surface area (Å²) >= 11 is 7.05. The number of benzene rings is 1. The molecular weight excluding hydrogens is 374 g/mol. The minimum absolute atomic E-state index is 0.744. The average Bonchev–Trinajstić information content (AvgIpc) is 2.86. The number of rotatable bonds is 6. The third kappa shape index (κ3) is 3.81. The van der Waals surface area contributed by atoms with Crippen molar-refractivity contribution in [3.8, 4) is 5.69 Å². The number of ether oxygens (including phenoxy) is 1.